The quantitative estimate of drug-likeness (QED) is 0.421. The Bertz CT molecular complexity index is 489. The lowest BCUT2D eigenvalue weighted by atomic mass is 10.2. The lowest BCUT2D eigenvalue weighted by molar-refractivity contribution is -0.120. The highest BCUT2D eigenvalue weighted by Gasteiger charge is 2.16. The van der Waals surface area contributed by atoms with Gasteiger partial charge in [0.05, 0.1) is 18.4 Å². The third-order valence-electron chi connectivity index (χ3n) is 2.48. The minimum absolute atomic E-state index is 0.0803. The minimum atomic E-state index is -0.478. The molecule has 0 aliphatic rings. The van der Waals surface area contributed by atoms with Gasteiger partial charge in [-0.05, 0) is 6.92 Å². The maximum atomic E-state index is 12.0. The lowest BCUT2D eigenvalue weighted by Gasteiger charge is -2.11. The molecule has 110 valence electrons. The molecule has 8 heteroatoms. The van der Waals surface area contributed by atoms with E-state index in [-0.39, 0.29) is 24.1 Å². The van der Waals surface area contributed by atoms with Gasteiger partial charge in [-0.25, -0.2) is 9.97 Å². The Balaban J connectivity index is 2.84. The molecule has 1 heterocycles. The van der Waals surface area contributed by atoms with Crippen LogP contribution in [-0.4, -0.2) is 34.9 Å². The van der Waals surface area contributed by atoms with Gasteiger partial charge in [-0.2, -0.15) is 0 Å². The second kappa shape index (κ2) is 7.39. The largest absolute Gasteiger partial charge is 0.355 e. The third kappa shape index (κ3) is 4.16. The standard InChI is InChI=1S/C12H20N6O2/c1-4-14-9(19)6-16-12(20)10-8(18-13)5-15-11(17-10)7(2)3/h5,7,18H,4,6,13H2,1-3H3,(H,14,19)(H,16,20). The van der Waals surface area contributed by atoms with Crippen LogP contribution in [0, 0.1) is 0 Å². The highest BCUT2D eigenvalue weighted by atomic mass is 16.2. The molecule has 0 fully saturated rings. The number of anilines is 1. The van der Waals surface area contributed by atoms with Crippen molar-refractivity contribution in [1.82, 2.24) is 20.6 Å². The zero-order valence-electron chi connectivity index (χ0n) is 11.9. The SMILES string of the molecule is CCNC(=O)CNC(=O)c1nc(C(C)C)ncc1NN. The molecule has 1 aromatic heterocycles. The van der Waals surface area contributed by atoms with Gasteiger partial charge in [0.15, 0.2) is 5.69 Å². The number of amides is 2. The number of carbonyl (C=O) groups excluding carboxylic acids is 2. The summed E-state index contributed by atoms with van der Waals surface area (Å²) in [5, 5.41) is 5.07. The second-order valence-corrected chi connectivity index (χ2v) is 4.43. The number of hydrogen-bond donors (Lipinski definition) is 4. The molecule has 1 aromatic rings. The van der Waals surface area contributed by atoms with Crippen molar-refractivity contribution in [3.8, 4) is 0 Å². The van der Waals surface area contributed by atoms with Crippen LogP contribution >= 0.6 is 0 Å². The molecule has 0 aromatic carbocycles. The van der Waals surface area contributed by atoms with Crippen molar-refractivity contribution in [2.24, 2.45) is 5.84 Å². The number of likely N-dealkylation sites (N-methyl/N-ethyl adjacent to an activating group) is 1. The molecule has 0 unspecified atom stereocenters. The average molecular weight is 280 g/mol. The summed E-state index contributed by atoms with van der Waals surface area (Å²) in [6, 6.07) is 0. The highest BCUT2D eigenvalue weighted by molar-refractivity contribution is 5.99. The van der Waals surface area contributed by atoms with Crippen LogP contribution in [0.5, 0.6) is 0 Å². The summed E-state index contributed by atoms with van der Waals surface area (Å²) >= 11 is 0. The van der Waals surface area contributed by atoms with Crippen LogP contribution in [0.1, 0.15) is 43.0 Å². The maximum Gasteiger partial charge on any atom is 0.272 e. The molecule has 0 bridgehead atoms. The summed E-state index contributed by atoms with van der Waals surface area (Å²) in [5.41, 5.74) is 2.80. The molecule has 0 saturated carbocycles. The predicted octanol–water partition coefficient (Wildman–Crippen LogP) is -0.248. The number of nitrogens with zero attached hydrogens (tertiary/aromatic N) is 2. The van der Waals surface area contributed by atoms with Crippen LogP contribution in [0.15, 0.2) is 6.20 Å². The summed E-state index contributed by atoms with van der Waals surface area (Å²) in [6.45, 7) is 6.03. The van der Waals surface area contributed by atoms with Gasteiger partial charge in [0.2, 0.25) is 5.91 Å². The number of nitrogen functional groups attached to an aromatic ring is 1. The van der Waals surface area contributed by atoms with Crippen molar-refractivity contribution < 1.29 is 9.59 Å². The maximum absolute atomic E-state index is 12.0. The molecule has 1 rings (SSSR count). The van der Waals surface area contributed by atoms with Gasteiger partial charge in [-0.15, -0.1) is 0 Å². The molecule has 8 nitrogen and oxygen atoms in total. The zero-order valence-corrected chi connectivity index (χ0v) is 11.9. The Kier molecular flexibility index (Phi) is 5.85. The van der Waals surface area contributed by atoms with Gasteiger partial charge < -0.3 is 16.1 Å². The number of nitrogens with two attached hydrogens (primary N) is 1. The van der Waals surface area contributed by atoms with Crippen molar-refractivity contribution in [2.45, 2.75) is 26.7 Å². The smallest absolute Gasteiger partial charge is 0.272 e. The summed E-state index contributed by atoms with van der Waals surface area (Å²) in [5.74, 6) is 5.20. The van der Waals surface area contributed by atoms with Crippen molar-refractivity contribution in [2.75, 3.05) is 18.5 Å². The first-order valence-electron chi connectivity index (χ1n) is 6.38. The van der Waals surface area contributed by atoms with Crippen molar-refractivity contribution in [1.29, 1.82) is 0 Å². The number of carbonyl (C=O) groups is 2. The number of hydrazine groups is 1. The van der Waals surface area contributed by atoms with E-state index in [0.717, 1.165) is 0 Å². The van der Waals surface area contributed by atoms with Crippen LogP contribution in [-0.2, 0) is 4.79 Å². The van der Waals surface area contributed by atoms with E-state index in [4.69, 9.17) is 5.84 Å². The van der Waals surface area contributed by atoms with Gasteiger partial charge in [0.1, 0.15) is 5.82 Å². The molecule has 0 spiro atoms. The van der Waals surface area contributed by atoms with Gasteiger partial charge in [0.25, 0.3) is 5.91 Å². The van der Waals surface area contributed by atoms with Gasteiger partial charge >= 0.3 is 0 Å². The van der Waals surface area contributed by atoms with Crippen molar-refractivity contribution >= 4 is 17.5 Å². The molecule has 5 N–H and O–H groups in total. The van der Waals surface area contributed by atoms with Crippen LogP contribution in [0.25, 0.3) is 0 Å². The second-order valence-electron chi connectivity index (χ2n) is 4.43. The van der Waals surface area contributed by atoms with E-state index in [2.05, 4.69) is 26.0 Å². The van der Waals surface area contributed by atoms with Gasteiger partial charge in [-0.1, -0.05) is 13.8 Å². The Hall–Kier alpha value is -2.22. The summed E-state index contributed by atoms with van der Waals surface area (Å²) in [6.07, 6.45) is 1.45. The van der Waals surface area contributed by atoms with E-state index >= 15 is 0 Å². The Morgan fingerprint density at radius 3 is 2.60 bits per heavy atom. The average Bonchev–Trinajstić information content (AvgIpc) is 2.44. The molecule has 0 aliphatic carbocycles. The van der Waals surface area contributed by atoms with Crippen LogP contribution in [0.2, 0.25) is 0 Å². The first-order chi connectivity index (χ1) is 9.49. The van der Waals surface area contributed by atoms with Gasteiger partial charge in [-0.3, -0.25) is 15.4 Å². The van der Waals surface area contributed by atoms with Crippen LogP contribution in [0.4, 0.5) is 5.69 Å². The minimum Gasteiger partial charge on any atom is -0.355 e. The molecular weight excluding hydrogens is 260 g/mol. The Morgan fingerprint density at radius 2 is 2.05 bits per heavy atom. The molecule has 20 heavy (non-hydrogen) atoms. The first-order valence-corrected chi connectivity index (χ1v) is 6.38. The number of rotatable bonds is 6. The Morgan fingerprint density at radius 1 is 1.35 bits per heavy atom. The molecule has 2 amide bonds. The lowest BCUT2D eigenvalue weighted by Crippen LogP contribution is -2.37. The number of aromatic nitrogens is 2. The van der Waals surface area contributed by atoms with Gasteiger partial charge in [0, 0.05) is 12.5 Å². The van der Waals surface area contributed by atoms with Crippen molar-refractivity contribution in [3.63, 3.8) is 0 Å². The normalized spacial score (nSPS) is 10.2. The third-order valence-corrected chi connectivity index (χ3v) is 2.48. The predicted molar refractivity (Wildman–Crippen MR) is 74.9 cm³/mol. The van der Waals surface area contributed by atoms with E-state index in [1.807, 2.05) is 13.8 Å². The number of hydrogen-bond acceptors (Lipinski definition) is 6. The molecular formula is C12H20N6O2. The molecule has 0 saturated heterocycles. The summed E-state index contributed by atoms with van der Waals surface area (Å²) < 4.78 is 0. The fourth-order valence-corrected chi connectivity index (χ4v) is 1.46. The molecule has 0 atom stereocenters. The van der Waals surface area contributed by atoms with Crippen LogP contribution in [0.3, 0.4) is 0 Å². The number of nitrogens with one attached hydrogen (secondary N) is 3. The van der Waals surface area contributed by atoms with E-state index < -0.39 is 5.91 Å². The summed E-state index contributed by atoms with van der Waals surface area (Å²) in [4.78, 5) is 31.6. The van der Waals surface area contributed by atoms with E-state index in [1.165, 1.54) is 6.20 Å². The fraction of sp³-hybridized carbons (Fsp3) is 0.500. The molecule has 0 aliphatic heterocycles. The van der Waals surface area contributed by atoms with E-state index in [1.54, 1.807) is 6.92 Å². The zero-order chi connectivity index (χ0) is 15.1. The van der Waals surface area contributed by atoms with Crippen LogP contribution < -0.4 is 21.9 Å². The Labute approximate surface area is 117 Å². The molecule has 0 radical (unpaired) electrons. The monoisotopic (exact) mass is 280 g/mol. The van der Waals surface area contributed by atoms with Crippen molar-refractivity contribution in [3.05, 3.63) is 17.7 Å². The topological polar surface area (TPSA) is 122 Å². The first kappa shape index (κ1) is 15.8. The van der Waals surface area contributed by atoms with E-state index in [9.17, 15) is 9.59 Å². The highest BCUT2D eigenvalue weighted by Crippen LogP contribution is 2.15. The fourth-order valence-electron chi connectivity index (χ4n) is 1.46. The summed E-state index contributed by atoms with van der Waals surface area (Å²) in [7, 11) is 0. The van der Waals surface area contributed by atoms with E-state index in [0.29, 0.717) is 18.1 Å².